The SMILES string of the molecule is CCCCCCCCCCCCCC[C@H](CCCCCCC)c1[nH]cc[n+]1C. The van der Waals surface area contributed by atoms with Crippen molar-refractivity contribution in [3.63, 3.8) is 0 Å². The molecule has 0 aliphatic heterocycles. The molecule has 1 atom stereocenters. The number of aryl methyl sites for hydroxylation is 1. The number of imidazole rings is 1. The number of H-pyrrole nitrogens is 1. The highest BCUT2D eigenvalue weighted by Gasteiger charge is 2.20. The van der Waals surface area contributed by atoms with Gasteiger partial charge in [0, 0.05) is 0 Å². The zero-order valence-electron chi connectivity index (χ0n) is 19.6. The third kappa shape index (κ3) is 12.6. The summed E-state index contributed by atoms with van der Waals surface area (Å²) in [5, 5.41) is 0. The minimum atomic E-state index is 0.727. The molecule has 0 amide bonds. The molecule has 0 bridgehead atoms. The van der Waals surface area contributed by atoms with Gasteiger partial charge in [-0.2, -0.15) is 0 Å². The van der Waals surface area contributed by atoms with Gasteiger partial charge in [-0.3, -0.25) is 0 Å². The van der Waals surface area contributed by atoms with Crippen LogP contribution in [0.5, 0.6) is 0 Å². The fourth-order valence-electron chi connectivity index (χ4n) is 4.47. The molecule has 1 heterocycles. The van der Waals surface area contributed by atoms with Crippen LogP contribution >= 0.6 is 0 Å². The van der Waals surface area contributed by atoms with Crippen LogP contribution in [0.25, 0.3) is 0 Å². The van der Waals surface area contributed by atoms with Crippen molar-refractivity contribution in [2.24, 2.45) is 7.05 Å². The lowest BCUT2D eigenvalue weighted by Gasteiger charge is -2.13. The minimum Gasteiger partial charge on any atom is -0.247 e. The van der Waals surface area contributed by atoms with Crippen LogP contribution in [0.15, 0.2) is 12.4 Å². The zero-order chi connectivity index (χ0) is 20.3. The zero-order valence-corrected chi connectivity index (χ0v) is 19.6. The maximum atomic E-state index is 3.51. The van der Waals surface area contributed by atoms with Gasteiger partial charge in [0.15, 0.2) is 0 Å². The Labute approximate surface area is 176 Å². The van der Waals surface area contributed by atoms with E-state index in [2.05, 4.69) is 42.8 Å². The van der Waals surface area contributed by atoms with E-state index in [1.165, 1.54) is 128 Å². The topological polar surface area (TPSA) is 19.7 Å². The van der Waals surface area contributed by atoms with Gasteiger partial charge < -0.3 is 0 Å². The maximum Gasteiger partial charge on any atom is 0.257 e. The number of aromatic amines is 1. The molecule has 28 heavy (non-hydrogen) atoms. The summed E-state index contributed by atoms with van der Waals surface area (Å²) in [7, 11) is 2.19. The van der Waals surface area contributed by atoms with Crippen molar-refractivity contribution in [3.8, 4) is 0 Å². The van der Waals surface area contributed by atoms with Gasteiger partial charge in [0.1, 0.15) is 12.4 Å². The average molecular weight is 392 g/mol. The van der Waals surface area contributed by atoms with Crippen molar-refractivity contribution < 1.29 is 4.57 Å². The minimum absolute atomic E-state index is 0.727. The molecule has 0 saturated carbocycles. The van der Waals surface area contributed by atoms with Crippen molar-refractivity contribution in [1.82, 2.24) is 4.98 Å². The van der Waals surface area contributed by atoms with Crippen LogP contribution in [-0.2, 0) is 7.05 Å². The first-order valence-electron chi connectivity index (χ1n) is 12.8. The molecule has 1 aromatic heterocycles. The van der Waals surface area contributed by atoms with Gasteiger partial charge in [0.2, 0.25) is 0 Å². The van der Waals surface area contributed by atoms with Crippen LogP contribution in [0.3, 0.4) is 0 Å². The normalized spacial score (nSPS) is 12.5. The second kappa shape index (κ2) is 18.3. The number of hydrogen-bond acceptors (Lipinski definition) is 0. The van der Waals surface area contributed by atoms with Crippen molar-refractivity contribution >= 4 is 0 Å². The molecular formula is C26H51N2+. The first-order chi connectivity index (χ1) is 13.8. The first kappa shape index (κ1) is 25.2. The van der Waals surface area contributed by atoms with Crippen LogP contribution in [-0.4, -0.2) is 4.98 Å². The Morgan fingerprint density at radius 2 is 1.04 bits per heavy atom. The first-order valence-corrected chi connectivity index (χ1v) is 12.8. The van der Waals surface area contributed by atoms with E-state index in [1.807, 2.05) is 0 Å². The number of rotatable bonds is 20. The van der Waals surface area contributed by atoms with Crippen molar-refractivity contribution in [2.45, 2.75) is 142 Å². The van der Waals surface area contributed by atoms with Gasteiger partial charge in [-0.25, -0.2) is 9.55 Å². The van der Waals surface area contributed by atoms with E-state index in [0.717, 1.165) is 5.92 Å². The maximum absolute atomic E-state index is 3.51. The largest absolute Gasteiger partial charge is 0.257 e. The molecule has 2 nitrogen and oxygen atoms in total. The van der Waals surface area contributed by atoms with Crippen LogP contribution in [0.4, 0.5) is 0 Å². The number of unbranched alkanes of at least 4 members (excludes halogenated alkanes) is 15. The lowest BCUT2D eigenvalue weighted by molar-refractivity contribution is -0.679. The molecule has 0 saturated heterocycles. The molecule has 0 fully saturated rings. The lowest BCUT2D eigenvalue weighted by Crippen LogP contribution is -2.32. The highest BCUT2D eigenvalue weighted by atomic mass is 15.0. The molecule has 0 aromatic carbocycles. The second-order valence-electron chi connectivity index (χ2n) is 9.03. The molecule has 164 valence electrons. The highest BCUT2D eigenvalue weighted by Crippen LogP contribution is 2.25. The average Bonchev–Trinajstić information content (AvgIpc) is 3.12. The Hall–Kier alpha value is -0.790. The van der Waals surface area contributed by atoms with Gasteiger partial charge in [-0.15, -0.1) is 0 Å². The summed E-state index contributed by atoms with van der Waals surface area (Å²) in [5.41, 5.74) is 0. The number of nitrogens with one attached hydrogen (secondary N) is 1. The van der Waals surface area contributed by atoms with E-state index in [9.17, 15) is 0 Å². The Morgan fingerprint density at radius 1 is 0.643 bits per heavy atom. The number of aromatic nitrogens is 2. The number of nitrogens with zero attached hydrogens (tertiary/aromatic N) is 1. The van der Waals surface area contributed by atoms with E-state index in [0.29, 0.717) is 0 Å². The molecule has 1 aromatic rings. The molecule has 0 unspecified atom stereocenters. The highest BCUT2D eigenvalue weighted by molar-refractivity contribution is 4.89. The summed E-state index contributed by atoms with van der Waals surface area (Å²) in [6.07, 6.45) is 31.2. The second-order valence-corrected chi connectivity index (χ2v) is 9.03. The van der Waals surface area contributed by atoms with Crippen molar-refractivity contribution in [1.29, 1.82) is 0 Å². The molecule has 0 radical (unpaired) electrons. The Morgan fingerprint density at radius 3 is 1.39 bits per heavy atom. The third-order valence-corrected chi connectivity index (χ3v) is 6.36. The smallest absolute Gasteiger partial charge is 0.247 e. The fraction of sp³-hybridized carbons (Fsp3) is 0.885. The van der Waals surface area contributed by atoms with E-state index in [4.69, 9.17) is 0 Å². The van der Waals surface area contributed by atoms with Crippen LogP contribution in [0.1, 0.15) is 148 Å². The summed E-state index contributed by atoms with van der Waals surface area (Å²) in [5.74, 6) is 2.17. The fourth-order valence-corrected chi connectivity index (χ4v) is 4.47. The Balaban J connectivity index is 2.08. The molecule has 2 heteroatoms. The number of hydrogen-bond donors (Lipinski definition) is 1. The standard InChI is InChI=1S/C26H50N2/c1-4-6-8-10-11-12-13-14-15-16-18-20-22-25(21-19-17-9-7-5-2)26-27-23-24-28(26)3/h23-25H,4-22H2,1-3H3/p+1/t25-/m0/s1. The van der Waals surface area contributed by atoms with Crippen molar-refractivity contribution in [2.75, 3.05) is 0 Å². The molecule has 1 rings (SSSR count). The van der Waals surface area contributed by atoms with E-state index in [1.54, 1.807) is 0 Å². The molecule has 0 aliphatic rings. The summed E-state index contributed by atoms with van der Waals surface area (Å²) >= 11 is 0. The molecule has 0 spiro atoms. The Bertz CT molecular complexity index is 437. The van der Waals surface area contributed by atoms with Crippen LogP contribution in [0, 0.1) is 0 Å². The van der Waals surface area contributed by atoms with Gasteiger partial charge in [0.05, 0.1) is 13.0 Å². The third-order valence-electron chi connectivity index (χ3n) is 6.36. The summed E-state index contributed by atoms with van der Waals surface area (Å²) in [6, 6.07) is 0. The van der Waals surface area contributed by atoms with E-state index >= 15 is 0 Å². The van der Waals surface area contributed by atoms with Gasteiger partial charge in [0.25, 0.3) is 5.82 Å². The van der Waals surface area contributed by atoms with Gasteiger partial charge in [-0.1, -0.05) is 123 Å². The van der Waals surface area contributed by atoms with Crippen molar-refractivity contribution in [3.05, 3.63) is 18.2 Å². The molecular weight excluding hydrogens is 340 g/mol. The lowest BCUT2D eigenvalue weighted by atomic mass is 9.93. The molecule has 0 aliphatic carbocycles. The quantitative estimate of drug-likeness (QED) is 0.170. The monoisotopic (exact) mass is 391 g/mol. The Kier molecular flexibility index (Phi) is 16.5. The van der Waals surface area contributed by atoms with E-state index in [-0.39, 0.29) is 0 Å². The summed E-state index contributed by atoms with van der Waals surface area (Å²) in [4.78, 5) is 3.51. The van der Waals surface area contributed by atoms with Crippen LogP contribution < -0.4 is 4.57 Å². The van der Waals surface area contributed by atoms with E-state index < -0.39 is 0 Å². The predicted molar refractivity (Wildman–Crippen MR) is 124 cm³/mol. The van der Waals surface area contributed by atoms with Crippen LogP contribution in [0.2, 0.25) is 0 Å². The summed E-state index contributed by atoms with van der Waals surface area (Å²) in [6.45, 7) is 4.60. The predicted octanol–water partition coefficient (Wildman–Crippen LogP) is 8.37. The van der Waals surface area contributed by atoms with Gasteiger partial charge in [-0.05, 0) is 12.8 Å². The molecule has 1 N–H and O–H groups in total. The summed E-state index contributed by atoms with van der Waals surface area (Å²) < 4.78 is 2.30. The van der Waals surface area contributed by atoms with Gasteiger partial charge >= 0.3 is 0 Å².